The summed E-state index contributed by atoms with van der Waals surface area (Å²) in [6.07, 6.45) is -2.06. The lowest BCUT2D eigenvalue weighted by atomic mass is 10.2. The van der Waals surface area contributed by atoms with Crippen molar-refractivity contribution >= 4 is 5.97 Å². The number of carbonyl (C=O) groups is 1. The highest BCUT2D eigenvalue weighted by molar-refractivity contribution is 5.87. The SMILES string of the molecule is O=C(O)c1nccnc1Oc1ccc(C(F)(F)F)cc1. The van der Waals surface area contributed by atoms with Crippen LogP contribution in [0.1, 0.15) is 16.1 Å². The highest BCUT2D eigenvalue weighted by atomic mass is 19.4. The molecule has 0 saturated heterocycles. The first-order chi connectivity index (χ1) is 9.38. The highest BCUT2D eigenvalue weighted by Crippen LogP contribution is 2.31. The van der Waals surface area contributed by atoms with Gasteiger partial charge in [-0.3, -0.25) is 0 Å². The summed E-state index contributed by atoms with van der Waals surface area (Å²) in [5.74, 6) is -1.61. The molecule has 0 fully saturated rings. The summed E-state index contributed by atoms with van der Waals surface area (Å²) in [5, 5.41) is 8.86. The average molecular weight is 284 g/mol. The highest BCUT2D eigenvalue weighted by Gasteiger charge is 2.30. The number of halogens is 3. The molecule has 1 aromatic carbocycles. The maximum Gasteiger partial charge on any atom is 0.416 e. The van der Waals surface area contributed by atoms with Crippen molar-refractivity contribution < 1.29 is 27.8 Å². The van der Waals surface area contributed by atoms with Gasteiger partial charge in [-0.1, -0.05) is 0 Å². The van der Waals surface area contributed by atoms with Crippen LogP contribution in [0, 0.1) is 0 Å². The molecule has 0 spiro atoms. The van der Waals surface area contributed by atoms with Gasteiger partial charge in [0.15, 0.2) is 0 Å². The molecule has 0 aliphatic carbocycles. The van der Waals surface area contributed by atoms with Gasteiger partial charge >= 0.3 is 12.1 Å². The number of hydrogen-bond donors (Lipinski definition) is 1. The minimum atomic E-state index is -4.45. The van der Waals surface area contributed by atoms with Crippen LogP contribution in [0.3, 0.4) is 0 Å². The van der Waals surface area contributed by atoms with Gasteiger partial charge in [0.25, 0.3) is 5.88 Å². The summed E-state index contributed by atoms with van der Waals surface area (Å²) in [6.45, 7) is 0. The van der Waals surface area contributed by atoms with E-state index in [0.717, 1.165) is 24.3 Å². The van der Waals surface area contributed by atoms with Crippen LogP contribution in [0.25, 0.3) is 0 Å². The number of aromatic nitrogens is 2. The fourth-order valence-electron chi connectivity index (χ4n) is 1.37. The lowest BCUT2D eigenvalue weighted by Crippen LogP contribution is -2.06. The van der Waals surface area contributed by atoms with Crippen LogP contribution < -0.4 is 4.74 Å². The van der Waals surface area contributed by atoms with Crippen LogP contribution in [0.2, 0.25) is 0 Å². The second kappa shape index (κ2) is 5.16. The summed E-state index contributed by atoms with van der Waals surface area (Å²) in [6, 6.07) is 3.80. The molecule has 104 valence electrons. The molecule has 1 aromatic heterocycles. The Morgan fingerprint density at radius 3 is 2.25 bits per heavy atom. The minimum absolute atomic E-state index is 0.0287. The van der Waals surface area contributed by atoms with E-state index in [2.05, 4.69) is 9.97 Å². The molecule has 2 aromatic rings. The number of hydrogen-bond acceptors (Lipinski definition) is 4. The van der Waals surface area contributed by atoms with Crippen LogP contribution >= 0.6 is 0 Å². The third-order valence-corrected chi connectivity index (χ3v) is 2.26. The number of rotatable bonds is 3. The molecule has 2 rings (SSSR count). The summed E-state index contributed by atoms with van der Waals surface area (Å²) in [5.41, 5.74) is -1.25. The summed E-state index contributed by atoms with van der Waals surface area (Å²) in [4.78, 5) is 18.1. The molecular weight excluding hydrogens is 277 g/mol. The van der Waals surface area contributed by atoms with Gasteiger partial charge < -0.3 is 9.84 Å². The quantitative estimate of drug-likeness (QED) is 0.938. The van der Waals surface area contributed by atoms with Crippen LogP contribution in [0.5, 0.6) is 11.6 Å². The molecule has 1 heterocycles. The fourth-order valence-corrected chi connectivity index (χ4v) is 1.37. The molecular formula is C12H7F3N2O3. The van der Waals surface area contributed by atoms with Crippen LogP contribution in [0.15, 0.2) is 36.7 Å². The number of carboxylic acids is 1. The molecule has 1 N–H and O–H groups in total. The Morgan fingerprint density at radius 2 is 1.70 bits per heavy atom. The molecule has 0 atom stereocenters. The molecule has 0 unspecified atom stereocenters. The smallest absolute Gasteiger partial charge is 0.416 e. The number of aromatic carboxylic acids is 1. The normalized spacial score (nSPS) is 11.2. The molecule has 20 heavy (non-hydrogen) atoms. The number of nitrogens with zero attached hydrogens (tertiary/aromatic N) is 2. The Hall–Kier alpha value is -2.64. The van der Waals surface area contributed by atoms with E-state index in [4.69, 9.17) is 9.84 Å². The van der Waals surface area contributed by atoms with Crippen LogP contribution in [-0.2, 0) is 6.18 Å². The lowest BCUT2D eigenvalue weighted by molar-refractivity contribution is -0.137. The largest absolute Gasteiger partial charge is 0.476 e. The number of ether oxygens (including phenoxy) is 1. The van der Waals surface area contributed by atoms with E-state index < -0.39 is 23.4 Å². The van der Waals surface area contributed by atoms with Crippen LogP contribution in [-0.4, -0.2) is 21.0 Å². The second-order valence-corrected chi connectivity index (χ2v) is 3.64. The van der Waals surface area contributed by atoms with Gasteiger partial charge in [-0.25, -0.2) is 14.8 Å². The van der Waals surface area contributed by atoms with Gasteiger partial charge in [0.1, 0.15) is 5.75 Å². The Kier molecular flexibility index (Phi) is 3.55. The monoisotopic (exact) mass is 284 g/mol. The van der Waals surface area contributed by atoms with E-state index in [9.17, 15) is 18.0 Å². The molecule has 0 aliphatic rings. The van der Waals surface area contributed by atoms with Crippen molar-refractivity contribution in [3.05, 3.63) is 47.9 Å². The van der Waals surface area contributed by atoms with Gasteiger partial charge in [0, 0.05) is 12.4 Å². The van der Waals surface area contributed by atoms with Crippen molar-refractivity contribution in [2.75, 3.05) is 0 Å². The predicted octanol–water partition coefficient (Wildman–Crippen LogP) is 2.99. The van der Waals surface area contributed by atoms with E-state index in [1.807, 2.05) is 0 Å². The van der Waals surface area contributed by atoms with Gasteiger partial charge in [-0.2, -0.15) is 13.2 Å². The van der Waals surface area contributed by atoms with Gasteiger partial charge in [-0.15, -0.1) is 0 Å². The van der Waals surface area contributed by atoms with Crippen molar-refractivity contribution in [1.29, 1.82) is 0 Å². The Bertz CT molecular complexity index is 627. The third kappa shape index (κ3) is 3.02. The zero-order chi connectivity index (χ0) is 14.8. The predicted molar refractivity (Wildman–Crippen MR) is 60.5 cm³/mol. The molecule has 0 amide bonds. The Morgan fingerprint density at radius 1 is 1.10 bits per heavy atom. The van der Waals surface area contributed by atoms with Crippen LogP contribution in [0.4, 0.5) is 13.2 Å². The zero-order valence-electron chi connectivity index (χ0n) is 9.76. The number of alkyl halides is 3. The van der Waals surface area contributed by atoms with E-state index in [1.54, 1.807) is 0 Å². The first kappa shape index (κ1) is 13.8. The number of benzene rings is 1. The van der Waals surface area contributed by atoms with E-state index in [1.165, 1.54) is 12.4 Å². The molecule has 0 radical (unpaired) electrons. The van der Waals surface area contributed by atoms with Gasteiger partial charge in [0.05, 0.1) is 5.56 Å². The first-order valence-corrected chi connectivity index (χ1v) is 5.27. The Balaban J connectivity index is 2.25. The van der Waals surface area contributed by atoms with Crippen molar-refractivity contribution in [1.82, 2.24) is 9.97 Å². The molecule has 5 nitrogen and oxygen atoms in total. The third-order valence-electron chi connectivity index (χ3n) is 2.26. The summed E-state index contributed by atoms with van der Waals surface area (Å²) >= 11 is 0. The van der Waals surface area contributed by atoms with Gasteiger partial charge in [0.2, 0.25) is 5.69 Å². The lowest BCUT2D eigenvalue weighted by Gasteiger charge is -2.09. The zero-order valence-corrected chi connectivity index (χ0v) is 9.76. The summed E-state index contributed by atoms with van der Waals surface area (Å²) < 4.78 is 42.2. The second-order valence-electron chi connectivity index (χ2n) is 3.64. The van der Waals surface area contributed by atoms with E-state index in [0.29, 0.717) is 0 Å². The minimum Gasteiger partial charge on any atom is -0.476 e. The number of carboxylic acid groups (broad SMARTS) is 1. The van der Waals surface area contributed by atoms with Crippen molar-refractivity contribution in [3.63, 3.8) is 0 Å². The maximum atomic E-state index is 12.4. The van der Waals surface area contributed by atoms with Gasteiger partial charge in [-0.05, 0) is 24.3 Å². The van der Waals surface area contributed by atoms with E-state index in [-0.39, 0.29) is 11.6 Å². The van der Waals surface area contributed by atoms with Crippen molar-refractivity contribution in [2.24, 2.45) is 0 Å². The van der Waals surface area contributed by atoms with E-state index >= 15 is 0 Å². The Labute approximate surface area is 110 Å². The molecule has 8 heteroatoms. The average Bonchev–Trinajstić information content (AvgIpc) is 2.38. The topological polar surface area (TPSA) is 72.3 Å². The molecule has 0 aliphatic heterocycles. The first-order valence-electron chi connectivity index (χ1n) is 5.27. The molecule has 0 bridgehead atoms. The van der Waals surface area contributed by atoms with Crippen molar-refractivity contribution in [2.45, 2.75) is 6.18 Å². The standard InChI is InChI=1S/C12H7F3N2O3/c13-12(14,15)7-1-3-8(4-2-7)20-10-9(11(18)19)16-5-6-17-10/h1-6H,(H,18,19). The maximum absolute atomic E-state index is 12.4. The fraction of sp³-hybridized carbons (Fsp3) is 0.0833. The summed E-state index contributed by atoms with van der Waals surface area (Å²) in [7, 11) is 0. The van der Waals surface area contributed by atoms with Crippen molar-refractivity contribution in [3.8, 4) is 11.6 Å². The molecule has 0 saturated carbocycles.